The number of aryl methyl sites for hydroxylation is 1. The predicted octanol–water partition coefficient (Wildman–Crippen LogP) is 1.71. The highest BCUT2D eigenvalue weighted by Gasteiger charge is 2.27. The van der Waals surface area contributed by atoms with Crippen LogP contribution >= 0.6 is 11.3 Å². The lowest BCUT2D eigenvalue weighted by Crippen LogP contribution is -2.27. The number of methoxy groups -OCH3 is 1. The Bertz CT molecular complexity index is 649. The molecule has 0 amide bonds. The van der Waals surface area contributed by atoms with E-state index in [2.05, 4.69) is 9.46 Å². The van der Waals surface area contributed by atoms with Crippen molar-refractivity contribution in [2.24, 2.45) is 0 Å². The van der Waals surface area contributed by atoms with Gasteiger partial charge >= 0.3 is 5.97 Å². The number of hydrogen-bond acceptors (Lipinski definition) is 7. The smallest absolute Gasteiger partial charge is 0.349 e. The number of sulfonamides is 1. The Morgan fingerprint density at radius 3 is 2.96 bits per heavy atom. The van der Waals surface area contributed by atoms with E-state index in [1.54, 1.807) is 12.3 Å². The first-order valence-corrected chi connectivity index (χ1v) is 10.2. The van der Waals surface area contributed by atoms with Crippen LogP contribution in [0.3, 0.4) is 0 Å². The SMILES string of the molecule is COC(=O)c1scc(C)c1S(=O)(=O)NCCCOC[C@@H]1CCCO1. The van der Waals surface area contributed by atoms with Gasteiger partial charge in [-0.05, 0) is 37.1 Å². The molecule has 9 heteroatoms. The highest BCUT2D eigenvalue weighted by molar-refractivity contribution is 7.89. The summed E-state index contributed by atoms with van der Waals surface area (Å²) in [5.74, 6) is -0.645. The molecule has 24 heavy (non-hydrogen) atoms. The zero-order valence-electron chi connectivity index (χ0n) is 13.9. The Labute approximate surface area is 146 Å². The molecule has 0 aliphatic carbocycles. The highest BCUT2D eigenvalue weighted by atomic mass is 32.2. The zero-order chi connectivity index (χ0) is 17.6. The quantitative estimate of drug-likeness (QED) is 0.520. The number of carbonyl (C=O) groups excluding carboxylic acids is 1. The Hall–Kier alpha value is -1.00. The van der Waals surface area contributed by atoms with Crippen molar-refractivity contribution in [1.29, 1.82) is 0 Å². The summed E-state index contributed by atoms with van der Waals surface area (Å²) in [6.45, 7) is 3.68. The van der Waals surface area contributed by atoms with Crippen LogP contribution in [0, 0.1) is 6.92 Å². The van der Waals surface area contributed by atoms with Crippen LogP contribution in [0.15, 0.2) is 10.3 Å². The van der Waals surface area contributed by atoms with Crippen molar-refractivity contribution in [3.05, 3.63) is 15.8 Å². The van der Waals surface area contributed by atoms with E-state index in [1.165, 1.54) is 7.11 Å². The number of hydrogen-bond donors (Lipinski definition) is 1. The molecule has 0 unspecified atom stereocenters. The molecule has 1 fully saturated rings. The molecule has 1 atom stereocenters. The molecule has 0 aromatic carbocycles. The summed E-state index contributed by atoms with van der Waals surface area (Å²) in [7, 11) is -2.53. The van der Waals surface area contributed by atoms with Gasteiger partial charge in [-0.1, -0.05) is 0 Å². The average molecular weight is 377 g/mol. The first kappa shape index (κ1) is 19.3. The molecule has 1 aliphatic heterocycles. The third-order valence-electron chi connectivity index (χ3n) is 3.64. The molecule has 0 saturated carbocycles. The van der Waals surface area contributed by atoms with Crippen molar-refractivity contribution in [2.75, 3.05) is 33.5 Å². The van der Waals surface area contributed by atoms with Gasteiger partial charge in [0.25, 0.3) is 0 Å². The van der Waals surface area contributed by atoms with E-state index in [9.17, 15) is 13.2 Å². The molecular weight excluding hydrogens is 354 g/mol. The van der Waals surface area contributed by atoms with E-state index < -0.39 is 16.0 Å². The monoisotopic (exact) mass is 377 g/mol. The van der Waals surface area contributed by atoms with Gasteiger partial charge in [-0.15, -0.1) is 11.3 Å². The van der Waals surface area contributed by atoms with Crippen molar-refractivity contribution in [3.63, 3.8) is 0 Å². The maximum Gasteiger partial charge on any atom is 0.349 e. The highest BCUT2D eigenvalue weighted by Crippen LogP contribution is 2.27. The molecule has 1 N–H and O–H groups in total. The van der Waals surface area contributed by atoms with Crippen LogP contribution in [0.2, 0.25) is 0 Å². The van der Waals surface area contributed by atoms with Gasteiger partial charge in [0, 0.05) is 19.8 Å². The maximum atomic E-state index is 12.4. The summed E-state index contributed by atoms with van der Waals surface area (Å²) >= 11 is 1.06. The van der Waals surface area contributed by atoms with Crippen LogP contribution in [0.25, 0.3) is 0 Å². The van der Waals surface area contributed by atoms with Crippen LogP contribution in [0.5, 0.6) is 0 Å². The number of thiophene rings is 1. The minimum atomic E-state index is -3.76. The maximum absolute atomic E-state index is 12.4. The van der Waals surface area contributed by atoms with Crippen molar-refractivity contribution >= 4 is 27.3 Å². The third kappa shape index (κ3) is 5.00. The summed E-state index contributed by atoms with van der Waals surface area (Å²) in [6.07, 6.45) is 2.79. The zero-order valence-corrected chi connectivity index (χ0v) is 15.5. The van der Waals surface area contributed by atoms with Crippen LogP contribution in [0.1, 0.15) is 34.5 Å². The number of rotatable bonds is 9. The normalized spacial score (nSPS) is 18.0. The second kappa shape index (κ2) is 8.91. The molecule has 136 valence electrons. The fourth-order valence-corrected chi connectivity index (χ4v) is 5.22. The van der Waals surface area contributed by atoms with Gasteiger partial charge in [0.1, 0.15) is 9.77 Å². The Morgan fingerprint density at radius 2 is 2.29 bits per heavy atom. The molecule has 1 saturated heterocycles. The van der Waals surface area contributed by atoms with Crippen molar-refractivity contribution in [1.82, 2.24) is 4.72 Å². The molecular formula is C15H23NO6S2. The molecule has 0 radical (unpaired) electrons. The van der Waals surface area contributed by atoms with Crippen molar-refractivity contribution < 1.29 is 27.4 Å². The summed E-state index contributed by atoms with van der Waals surface area (Å²) in [5, 5.41) is 1.63. The van der Waals surface area contributed by atoms with E-state index in [4.69, 9.17) is 9.47 Å². The minimum absolute atomic E-state index is 0.000348. The molecule has 7 nitrogen and oxygen atoms in total. The predicted molar refractivity (Wildman–Crippen MR) is 90.0 cm³/mol. The van der Waals surface area contributed by atoms with Crippen LogP contribution in [-0.4, -0.2) is 54.0 Å². The fourth-order valence-electron chi connectivity index (χ4n) is 2.44. The minimum Gasteiger partial charge on any atom is -0.465 e. The average Bonchev–Trinajstić information content (AvgIpc) is 3.19. The van der Waals surface area contributed by atoms with Gasteiger partial charge in [0.05, 0.1) is 19.8 Å². The van der Waals surface area contributed by atoms with Crippen molar-refractivity contribution in [2.45, 2.75) is 37.2 Å². The van der Waals surface area contributed by atoms with Gasteiger partial charge in [-0.3, -0.25) is 0 Å². The summed E-state index contributed by atoms with van der Waals surface area (Å²) in [4.78, 5) is 11.8. The molecule has 0 spiro atoms. The number of ether oxygens (including phenoxy) is 3. The molecule has 0 bridgehead atoms. The van der Waals surface area contributed by atoms with E-state index in [1.807, 2.05) is 0 Å². The van der Waals surface area contributed by atoms with E-state index in [0.29, 0.717) is 25.2 Å². The van der Waals surface area contributed by atoms with Gasteiger partial charge in [-0.25, -0.2) is 17.9 Å². The molecule has 1 aromatic rings. The fraction of sp³-hybridized carbons (Fsp3) is 0.667. The van der Waals surface area contributed by atoms with Gasteiger partial charge in [0.15, 0.2) is 0 Å². The third-order valence-corrected chi connectivity index (χ3v) is 6.50. The largest absolute Gasteiger partial charge is 0.465 e. The second-order valence-electron chi connectivity index (χ2n) is 5.53. The van der Waals surface area contributed by atoms with Gasteiger partial charge in [-0.2, -0.15) is 0 Å². The molecule has 1 aliphatic rings. The number of carbonyl (C=O) groups is 1. The van der Waals surface area contributed by atoms with Crippen molar-refractivity contribution in [3.8, 4) is 0 Å². The summed E-state index contributed by atoms with van der Waals surface area (Å²) < 4.78 is 42.9. The lowest BCUT2D eigenvalue weighted by atomic mass is 10.2. The van der Waals surface area contributed by atoms with Crippen LogP contribution < -0.4 is 4.72 Å². The van der Waals surface area contributed by atoms with Gasteiger partial charge in [0.2, 0.25) is 10.0 Å². The van der Waals surface area contributed by atoms with E-state index in [-0.39, 0.29) is 22.4 Å². The first-order chi connectivity index (χ1) is 11.5. The molecule has 1 aromatic heterocycles. The van der Waals surface area contributed by atoms with Crippen LogP contribution in [-0.2, 0) is 24.2 Å². The van der Waals surface area contributed by atoms with E-state index >= 15 is 0 Å². The molecule has 2 rings (SSSR count). The first-order valence-electron chi connectivity index (χ1n) is 7.81. The summed E-state index contributed by atoms with van der Waals surface area (Å²) in [6, 6.07) is 0. The lowest BCUT2D eigenvalue weighted by molar-refractivity contribution is 0.0169. The topological polar surface area (TPSA) is 90.9 Å². The number of nitrogens with one attached hydrogen (secondary N) is 1. The molecule has 2 heterocycles. The van der Waals surface area contributed by atoms with Gasteiger partial charge < -0.3 is 14.2 Å². The Kier molecular flexibility index (Phi) is 7.17. The second-order valence-corrected chi connectivity index (χ2v) is 8.11. The van der Waals surface area contributed by atoms with Crippen LogP contribution in [0.4, 0.5) is 0 Å². The Balaban J connectivity index is 1.81. The lowest BCUT2D eigenvalue weighted by Gasteiger charge is -2.11. The standard InChI is InChI=1S/C15H23NO6S2/c1-11-10-23-13(15(17)20-2)14(11)24(18,19)16-6-4-7-21-9-12-5-3-8-22-12/h10,12,16H,3-9H2,1-2H3/t12-/m0/s1. The summed E-state index contributed by atoms with van der Waals surface area (Å²) in [5.41, 5.74) is 0.530. The van der Waals surface area contributed by atoms with E-state index in [0.717, 1.165) is 30.8 Å². The number of esters is 1. The Morgan fingerprint density at radius 1 is 1.50 bits per heavy atom.